The predicted molar refractivity (Wildman–Crippen MR) is 47.1 cm³/mol. The van der Waals surface area contributed by atoms with E-state index >= 15 is 0 Å². The number of ether oxygens (including phenoxy) is 1. The molecule has 0 amide bonds. The number of hydrogen-bond donors (Lipinski definition) is 1. The zero-order valence-corrected chi connectivity index (χ0v) is 7.69. The van der Waals surface area contributed by atoms with E-state index in [1.54, 1.807) is 18.4 Å². The lowest BCUT2D eigenvalue weighted by atomic mass is 10.0. The summed E-state index contributed by atoms with van der Waals surface area (Å²) in [6, 6.07) is 2.87. The van der Waals surface area contributed by atoms with Gasteiger partial charge < -0.3 is 14.9 Å². The van der Waals surface area contributed by atoms with Gasteiger partial charge in [-0.05, 0) is 12.1 Å². The van der Waals surface area contributed by atoms with Crippen LogP contribution in [-0.4, -0.2) is 19.1 Å². The van der Waals surface area contributed by atoms with Crippen LogP contribution in [0, 0.1) is 0 Å². The molecule has 0 saturated heterocycles. The third-order valence-corrected chi connectivity index (χ3v) is 2.00. The number of furan rings is 1. The van der Waals surface area contributed by atoms with Gasteiger partial charge in [0, 0.05) is 5.92 Å². The van der Waals surface area contributed by atoms with Crippen LogP contribution >= 0.6 is 0 Å². The smallest absolute Gasteiger partial charge is 0.323 e. The van der Waals surface area contributed by atoms with Gasteiger partial charge in [0.2, 0.25) is 0 Å². The Labute approximate surface area is 76.7 Å². The monoisotopic (exact) mass is 183 g/mol. The minimum atomic E-state index is -0.670. The van der Waals surface area contributed by atoms with Crippen molar-refractivity contribution in [3.05, 3.63) is 24.2 Å². The fourth-order valence-corrected chi connectivity index (χ4v) is 1.07. The van der Waals surface area contributed by atoms with E-state index in [0.717, 1.165) is 0 Å². The summed E-state index contributed by atoms with van der Waals surface area (Å²) in [7, 11) is 1.32. The van der Waals surface area contributed by atoms with Gasteiger partial charge in [-0.3, -0.25) is 4.79 Å². The van der Waals surface area contributed by atoms with Gasteiger partial charge in [-0.2, -0.15) is 0 Å². The van der Waals surface area contributed by atoms with Crippen molar-refractivity contribution in [1.29, 1.82) is 0 Å². The molecule has 13 heavy (non-hydrogen) atoms. The van der Waals surface area contributed by atoms with Crippen LogP contribution < -0.4 is 5.73 Å². The van der Waals surface area contributed by atoms with Crippen molar-refractivity contribution in [2.45, 2.75) is 18.9 Å². The van der Waals surface area contributed by atoms with Crippen LogP contribution in [-0.2, 0) is 9.53 Å². The average molecular weight is 183 g/mol. The first-order chi connectivity index (χ1) is 6.16. The Morgan fingerprint density at radius 3 is 2.85 bits per heavy atom. The molecule has 4 heteroatoms. The van der Waals surface area contributed by atoms with E-state index in [9.17, 15) is 4.79 Å². The molecule has 2 atom stereocenters. The van der Waals surface area contributed by atoms with Crippen LogP contribution in [0.15, 0.2) is 22.8 Å². The Hall–Kier alpha value is -1.29. The number of carbonyl (C=O) groups is 1. The molecule has 0 aliphatic carbocycles. The van der Waals surface area contributed by atoms with Gasteiger partial charge >= 0.3 is 5.97 Å². The van der Waals surface area contributed by atoms with E-state index in [1.807, 2.05) is 6.92 Å². The zero-order chi connectivity index (χ0) is 9.84. The summed E-state index contributed by atoms with van der Waals surface area (Å²) < 4.78 is 9.65. The molecule has 0 fully saturated rings. The van der Waals surface area contributed by atoms with Crippen LogP contribution in [0.4, 0.5) is 0 Å². The molecule has 72 valence electrons. The first-order valence-corrected chi connectivity index (χ1v) is 4.03. The van der Waals surface area contributed by atoms with Crippen molar-refractivity contribution in [2.75, 3.05) is 7.11 Å². The third kappa shape index (κ3) is 2.09. The van der Waals surface area contributed by atoms with Crippen molar-refractivity contribution >= 4 is 5.97 Å². The molecule has 1 rings (SSSR count). The fourth-order valence-electron chi connectivity index (χ4n) is 1.07. The largest absolute Gasteiger partial charge is 0.469 e. The highest BCUT2D eigenvalue weighted by atomic mass is 16.5. The molecule has 2 N–H and O–H groups in total. The van der Waals surface area contributed by atoms with Crippen LogP contribution in [0.5, 0.6) is 0 Å². The van der Waals surface area contributed by atoms with Crippen molar-refractivity contribution in [3.8, 4) is 0 Å². The summed E-state index contributed by atoms with van der Waals surface area (Å²) in [6.45, 7) is 1.82. The standard InChI is InChI=1S/C9H13NO3/c1-6(7-4-3-5-13-7)8(10)9(11)12-2/h3-6,8H,10H2,1-2H3. The van der Waals surface area contributed by atoms with Crippen molar-refractivity contribution in [2.24, 2.45) is 5.73 Å². The molecule has 2 unspecified atom stereocenters. The Morgan fingerprint density at radius 2 is 2.38 bits per heavy atom. The Morgan fingerprint density at radius 1 is 1.69 bits per heavy atom. The summed E-state index contributed by atoms with van der Waals surface area (Å²) in [5, 5.41) is 0. The van der Waals surface area contributed by atoms with Crippen LogP contribution in [0.1, 0.15) is 18.6 Å². The van der Waals surface area contributed by atoms with Crippen LogP contribution in [0.25, 0.3) is 0 Å². The minimum absolute atomic E-state index is 0.164. The maximum absolute atomic E-state index is 11.1. The number of hydrogen-bond acceptors (Lipinski definition) is 4. The summed E-state index contributed by atoms with van der Waals surface area (Å²) >= 11 is 0. The molecule has 1 aromatic rings. The lowest BCUT2D eigenvalue weighted by Gasteiger charge is -2.14. The summed E-state index contributed by atoms with van der Waals surface area (Å²) in [6.07, 6.45) is 1.55. The second-order valence-corrected chi connectivity index (χ2v) is 2.85. The van der Waals surface area contributed by atoms with Gasteiger partial charge in [-0.25, -0.2) is 0 Å². The lowest BCUT2D eigenvalue weighted by molar-refractivity contribution is -0.142. The first-order valence-electron chi connectivity index (χ1n) is 4.03. The Kier molecular flexibility index (Phi) is 3.08. The summed E-state index contributed by atoms with van der Waals surface area (Å²) in [5.74, 6) is 0.101. The highest BCUT2D eigenvalue weighted by molar-refractivity contribution is 5.76. The maximum Gasteiger partial charge on any atom is 0.323 e. The number of esters is 1. The molecule has 0 aliphatic rings. The zero-order valence-electron chi connectivity index (χ0n) is 7.69. The third-order valence-electron chi connectivity index (χ3n) is 2.00. The molecule has 0 aliphatic heterocycles. The molecule has 4 nitrogen and oxygen atoms in total. The maximum atomic E-state index is 11.1. The van der Waals surface area contributed by atoms with Gasteiger partial charge in [-0.1, -0.05) is 6.92 Å². The summed E-state index contributed by atoms with van der Waals surface area (Å²) in [4.78, 5) is 11.1. The number of rotatable bonds is 3. The van der Waals surface area contributed by atoms with Crippen LogP contribution in [0.2, 0.25) is 0 Å². The quantitative estimate of drug-likeness (QED) is 0.706. The normalized spacial score (nSPS) is 15.0. The molecule has 0 aromatic carbocycles. The van der Waals surface area contributed by atoms with E-state index in [2.05, 4.69) is 4.74 Å². The summed E-state index contributed by atoms with van der Waals surface area (Å²) in [5.41, 5.74) is 5.63. The molecule has 0 bridgehead atoms. The number of nitrogens with two attached hydrogens (primary N) is 1. The second-order valence-electron chi connectivity index (χ2n) is 2.85. The van der Waals surface area contributed by atoms with Gasteiger partial charge in [0.15, 0.2) is 0 Å². The lowest BCUT2D eigenvalue weighted by Crippen LogP contribution is -2.36. The van der Waals surface area contributed by atoms with E-state index < -0.39 is 12.0 Å². The highest BCUT2D eigenvalue weighted by Gasteiger charge is 2.24. The van der Waals surface area contributed by atoms with E-state index in [1.165, 1.54) is 7.11 Å². The topological polar surface area (TPSA) is 65.5 Å². The highest BCUT2D eigenvalue weighted by Crippen LogP contribution is 2.18. The Balaban J connectivity index is 2.68. The van der Waals surface area contributed by atoms with Gasteiger partial charge in [-0.15, -0.1) is 0 Å². The predicted octanol–water partition coefficient (Wildman–Crippen LogP) is 0.883. The molecular weight excluding hydrogens is 170 g/mol. The van der Waals surface area contributed by atoms with Gasteiger partial charge in [0.1, 0.15) is 11.8 Å². The SMILES string of the molecule is COC(=O)C(N)C(C)c1ccco1. The first kappa shape index (κ1) is 9.80. The fraction of sp³-hybridized carbons (Fsp3) is 0.444. The van der Waals surface area contributed by atoms with E-state index in [0.29, 0.717) is 5.76 Å². The number of carbonyl (C=O) groups excluding carboxylic acids is 1. The molecule has 1 aromatic heterocycles. The number of methoxy groups -OCH3 is 1. The Bertz CT molecular complexity index is 268. The van der Waals surface area contributed by atoms with Crippen LogP contribution in [0.3, 0.4) is 0 Å². The minimum Gasteiger partial charge on any atom is -0.469 e. The van der Waals surface area contributed by atoms with Crippen molar-refractivity contribution in [3.63, 3.8) is 0 Å². The molecule has 0 radical (unpaired) electrons. The van der Waals surface area contributed by atoms with Gasteiger partial charge in [0.25, 0.3) is 0 Å². The molecular formula is C9H13NO3. The molecule has 0 spiro atoms. The van der Waals surface area contributed by atoms with Crippen molar-refractivity contribution < 1.29 is 13.9 Å². The van der Waals surface area contributed by atoms with E-state index in [-0.39, 0.29) is 5.92 Å². The average Bonchev–Trinajstić information content (AvgIpc) is 2.67. The van der Waals surface area contributed by atoms with Crippen molar-refractivity contribution in [1.82, 2.24) is 0 Å². The molecule has 0 saturated carbocycles. The molecule has 1 heterocycles. The van der Waals surface area contributed by atoms with E-state index in [4.69, 9.17) is 10.2 Å². The second kappa shape index (κ2) is 4.09. The van der Waals surface area contributed by atoms with Gasteiger partial charge in [0.05, 0.1) is 13.4 Å².